The van der Waals surface area contributed by atoms with Crippen LogP contribution in [0, 0.1) is 0 Å². The van der Waals surface area contributed by atoms with Crippen molar-refractivity contribution in [3.05, 3.63) is 35.4 Å². The van der Waals surface area contributed by atoms with Crippen LogP contribution in [0.5, 0.6) is 0 Å². The number of hydrogen-bond donors (Lipinski definition) is 1. The van der Waals surface area contributed by atoms with Crippen LogP contribution in [0.25, 0.3) is 0 Å². The monoisotopic (exact) mass is 250 g/mol. The standard InChI is InChI=1S/C15H19FO2/c1-14(2,16)11-7-3-4-8-12(11)15(13(17)18)9-5-6-10-15/h3-4,7-8H,5-6,9-10H2,1-2H3,(H,17,18). The number of carboxylic acid groups (broad SMARTS) is 1. The molecule has 0 bridgehead atoms. The number of aliphatic carboxylic acids is 1. The predicted molar refractivity (Wildman–Crippen MR) is 68.4 cm³/mol. The second kappa shape index (κ2) is 4.38. The Bertz CT molecular complexity index is 454. The molecule has 18 heavy (non-hydrogen) atoms. The Kier molecular flexibility index (Phi) is 3.18. The minimum absolute atomic E-state index is 0.509. The van der Waals surface area contributed by atoms with Gasteiger partial charge in [-0.15, -0.1) is 0 Å². The Morgan fingerprint density at radius 1 is 1.28 bits per heavy atom. The molecule has 0 saturated heterocycles. The zero-order valence-corrected chi connectivity index (χ0v) is 10.9. The summed E-state index contributed by atoms with van der Waals surface area (Å²) < 4.78 is 14.3. The smallest absolute Gasteiger partial charge is 0.314 e. The van der Waals surface area contributed by atoms with Gasteiger partial charge in [-0.05, 0) is 37.8 Å². The lowest BCUT2D eigenvalue weighted by Crippen LogP contribution is -2.35. The van der Waals surface area contributed by atoms with E-state index in [1.807, 2.05) is 0 Å². The fourth-order valence-corrected chi connectivity index (χ4v) is 3.00. The molecule has 3 heteroatoms. The van der Waals surface area contributed by atoms with Gasteiger partial charge in [-0.2, -0.15) is 0 Å². The Morgan fingerprint density at radius 2 is 1.83 bits per heavy atom. The summed E-state index contributed by atoms with van der Waals surface area (Å²) in [7, 11) is 0. The van der Waals surface area contributed by atoms with E-state index in [1.54, 1.807) is 24.3 Å². The van der Waals surface area contributed by atoms with E-state index in [0.29, 0.717) is 24.0 Å². The van der Waals surface area contributed by atoms with Crippen molar-refractivity contribution in [2.45, 2.75) is 50.6 Å². The van der Waals surface area contributed by atoms with Gasteiger partial charge in [0.05, 0.1) is 5.41 Å². The van der Waals surface area contributed by atoms with E-state index in [9.17, 15) is 14.3 Å². The number of rotatable bonds is 3. The average molecular weight is 250 g/mol. The highest BCUT2D eigenvalue weighted by Gasteiger charge is 2.45. The van der Waals surface area contributed by atoms with Crippen LogP contribution in [-0.2, 0) is 15.9 Å². The second-order valence-electron chi connectivity index (χ2n) is 5.61. The number of carbonyl (C=O) groups is 1. The van der Waals surface area contributed by atoms with Crippen LogP contribution in [0.1, 0.15) is 50.7 Å². The molecule has 2 nitrogen and oxygen atoms in total. The second-order valence-corrected chi connectivity index (χ2v) is 5.61. The maximum atomic E-state index is 14.3. The molecule has 1 fully saturated rings. The fourth-order valence-electron chi connectivity index (χ4n) is 3.00. The van der Waals surface area contributed by atoms with Gasteiger partial charge in [0.2, 0.25) is 0 Å². The first-order valence-electron chi connectivity index (χ1n) is 6.40. The lowest BCUT2D eigenvalue weighted by molar-refractivity contribution is -0.143. The molecule has 0 unspecified atom stereocenters. The first-order valence-corrected chi connectivity index (χ1v) is 6.40. The van der Waals surface area contributed by atoms with Gasteiger partial charge in [-0.1, -0.05) is 37.1 Å². The lowest BCUT2D eigenvalue weighted by atomic mass is 9.74. The normalized spacial score (nSPS) is 18.8. The van der Waals surface area contributed by atoms with E-state index < -0.39 is 17.1 Å². The molecular formula is C15H19FO2. The molecule has 0 radical (unpaired) electrons. The third-order valence-electron chi connectivity index (χ3n) is 3.95. The number of hydrogen-bond acceptors (Lipinski definition) is 1. The number of halogens is 1. The highest BCUT2D eigenvalue weighted by atomic mass is 19.1. The lowest BCUT2D eigenvalue weighted by Gasteiger charge is -2.30. The molecule has 0 atom stereocenters. The van der Waals surface area contributed by atoms with Gasteiger partial charge in [-0.3, -0.25) is 4.79 Å². The predicted octanol–water partition coefficient (Wildman–Crippen LogP) is 3.79. The minimum atomic E-state index is -1.51. The summed E-state index contributed by atoms with van der Waals surface area (Å²) in [5, 5.41) is 9.58. The van der Waals surface area contributed by atoms with Crippen molar-refractivity contribution in [3.63, 3.8) is 0 Å². The van der Waals surface area contributed by atoms with Crippen LogP contribution in [0.4, 0.5) is 4.39 Å². The van der Waals surface area contributed by atoms with Crippen molar-refractivity contribution in [1.82, 2.24) is 0 Å². The molecule has 1 saturated carbocycles. The third-order valence-corrected chi connectivity index (χ3v) is 3.95. The topological polar surface area (TPSA) is 37.3 Å². The Labute approximate surface area is 107 Å². The van der Waals surface area contributed by atoms with E-state index >= 15 is 0 Å². The summed E-state index contributed by atoms with van der Waals surface area (Å²) in [5.74, 6) is -0.822. The van der Waals surface area contributed by atoms with E-state index in [-0.39, 0.29) is 0 Å². The summed E-state index contributed by atoms with van der Waals surface area (Å²) in [5.41, 5.74) is -1.24. The summed E-state index contributed by atoms with van der Waals surface area (Å²) in [4.78, 5) is 11.7. The molecule has 0 amide bonds. The highest BCUT2D eigenvalue weighted by molar-refractivity contribution is 5.82. The van der Waals surface area contributed by atoms with Crippen molar-refractivity contribution in [2.24, 2.45) is 0 Å². The Hall–Kier alpha value is -1.38. The third kappa shape index (κ3) is 2.02. The van der Waals surface area contributed by atoms with Crippen molar-refractivity contribution < 1.29 is 14.3 Å². The summed E-state index contributed by atoms with van der Waals surface area (Å²) in [6.07, 6.45) is 3.01. The zero-order chi connectivity index (χ0) is 13.4. The highest BCUT2D eigenvalue weighted by Crippen LogP contribution is 2.45. The van der Waals surface area contributed by atoms with E-state index in [0.717, 1.165) is 12.8 Å². The van der Waals surface area contributed by atoms with Gasteiger partial charge in [0, 0.05) is 0 Å². The minimum Gasteiger partial charge on any atom is -0.481 e. The summed E-state index contributed by atoms with van der Waals surface area (Å²) >= 11 is 0. The first kappa shape index (κ1) is 13.1. The maximum Gasteiger partial charge on any atom is 0.314 e. The molecule has 0 heterocycles. The Morgan fingerprint density at radius 3 is 2.33 bits per heavy atom. The fraction of sp³-hybridized carbons (Fsp3) is 0.533. The number of benzene rings is 1. The van der Waals surface area contributed by atoms with Crippen LogP contribution < -0.4 is 0 Å². The molecule has 98 valence electrons. The molecule has 1 N–H and O–H groups in total. The van der Waals surface area contributed by atoms with Gasteiger partial charge in [0.25, 0.3) is 0 Å². The molecule has 1 aromatic carbocycles. The van der Waals surface area contributed by atoms with E-state index in [2.05, 4.69) is 0 Å². The van der Waals surface area contributed by atoms with Crippen molar-refractivity contribution in [3.8, 4) is 0 Å². The molecule has 1 aliphatic carbocycles. The van der Waals surface area contributed by atoms with Gasteiger partial charge >= 0.3 is 5.97 Å². The van der Waals surface area contributed by atoms with Crippen molar-refractivity contribution >= 4 is 5.97 Å². The van der Waals surface area contributed by atoms with Crippen molar-refractivity contribution in [1.29, 1.82) is 0 Å². The molecule has 0 aromatic heterocycles. The van der Waals surface area contributed by atoms with Crippen LogP contribution in [-0.4, -0.2) is 11.1 Å². The zero-order valence-electron chi connectivity index (χ0n) is 10.9. The molecular weight excluding hydrogens is 231 g/mol. The molecule has 1 aliphatic rings. The molecule has 2 rings (SSSR count). The molecule has 0 spiro atoms. The summed E-state index contributed by atoms with van der Waals surface area (Å²) in [6, 6.07) is 7.05. The van der Waals surface area contributed by atoms with Crippen molar-refractivity contribution in [2.75, 3.05) is 0 Å². The summed E-state index contributed by atoms with van der Waals surface area (Å²) in [6.45, 7) is 2.96. The van der Waals surface area contributed by atoms with E-state index in [4.69, 9.17) is 0 Å². The van der Waals surface area contributed by atoms with Crippen LogP contribution >= 0.6 is 0 Å². The van der Waals surface area contributed by atoms with Crippen LogP contribution in [0.2, 0.25) is 0 Å². The van der Waals surface area contributed by atoms with Crippen LogP contribution in [0.15, 0.2) is 24.3 Å². The van der Waals surface area contributed by atoms with Gasteiger partial charge in [0.15, 0.2) is 0 Å². The average Bonchev–Trinajstić information content (AvgIpc) is 2.78. The Balaban J connectivity index is 2.59. The van der Waals surface area contributed by atoms with Crippen LogP contribution in [0.3, 0.4) is 0 Å². The largest absolute Gasteiger partial charge is 0.481 e. The quantitative estimate of drug-likeness (QED) is 0.886. The molecule has 0 aliphatic heterocycles. The number of carboxylic acids is 1. The SMILES string of the molecule is CC(C)(F)c1ccccc1C1(C(=O)O)CCCC1. The van der Waals surface area contributed by atoms with Gasteiger partial charge < -0.3 is 5.11 Å². The maximum absolute atomic E-state index is 14.3. The van der Waals surface area contributed by atoms with E-state index in [1.165, 1.54) is 13.8 Å². The van der Waals surface area contributed by atoms with Gasteiger partial charge in [-0.25, -0.2) is 4.39 Å². The van der Waals surface area contributed by atoms with Gasteiger partial charge in [0.1, 0.15) is 5.67 Å². The number of alkyl halides is 1. The molecule has 1 aromatic rings. The first-order chi connectivity index (χ1) is 8.38.